The molecule has 2 aromatic carbocycles. The van der Waals surface area contributed by atoms with Crippen molar-refractivity contribution in [2.75, 3.05) is 25.6 Å². The first-order valence-corrected chi connectivity index (χ1v) is 11.4. The van der Waals surface area contributed by atoms with Crippen LogP contribution < -0.4 is 10.1 Å². The van der Waals surface area contributed by atoms with Crippen LogP contribution in [-0.2, 0) is 29.0 Å². The van der Waals surface area contributed by atoms with Gasteiger partial charge in [0.05, 0.1) is 12.7 Å². The molecule has 33 heavy (non-hydrogen) atoms. The van der Waals surface area contributed by atoms with Crippen LogP contribution in [0.25, 0.3) is 0 Å². The number of anilines is 1. The number of fused-ring (bicyclic) bond motifs is 1. The van der Waals surface area contributed by atoms with E-state index >= 15 is 0 Å². The summed E-state index contributed by atoms with van der Waals surface area (Å²) in [5.74, 6) is -0.238. The van der Waals surface area contributed by atoms with E-state index in [0.717, 1.165) is 36.5 Å². The van der Waals surface area contributed by atoms with Crippen molar-refractivity contribution in [3.05, 3.63) is 81.2 Å². The Morgan fingerprint density at radius 3 is 2.55 bits per heavy atom. The zero-order valence-electron chi connectivity index (χ0n) is 18.0. The van der Waals surface area contributed by atoms with Crippen LogP contribution in [0.5, 0.6) is 5.75 Å². The van der Waals surface area contributed by atoms with Crippen molar-refractivity contribution in [1.29, 1.82) is 0 Å². The minimum absolute atomic E-state index is 0. The molecule has 0 fully saturated rings. The maximum atomic E-state index is 12.5. The molecular weight excluding hydrogens is 483 g/mol. The molecule has 0 aliphatic carbocycles. The first-order chi connectivity index (χ1) is 15.5. The quantitative estimate of drug-likeness (QED) is 0.446. The Balaban J connectivity index is 0.00000306. The molecule has 2 heterocycles. The van der Waals surface area contributed by atoms with Crippen LogP contribution in [0.4, 0.5) is 5.00 Å². The highest BCUT2D eigenvalue weighted by Gasteiger charge is 2.29. The predicted octanol–water partition coefficient (Wildman–Crippen LogP) is 5.19. The van der Waals surface area contributed by atoms with Crippen molar-refractivity contribution >= 4 is 52.2 Å². The Bertz CT molecular complexity index is 1100. The number of methoxy groups -OCH3 is 1. The van der Waals surface area contributed by atoms with Gasteiger partial charge in [0.2, 0.25) is 0 Å². The largest absolute Gasteiger partial charge is 0.484 e. The van der Waals surface area contributed by atoms with Gasteiger partial charge in [-0.05, 0) is 41.8 Å². The molecule has 6 nitrogen and oxygen atoms in total. The number of benzene rings is 2. The Morgan fingerprint density at radius 2 is 1.85 bits per heavy atom. The van der Waals surface area contributed by atoms with Crippen molar-refractivity contribution in [3.63, 3.8) is 0 Å². The van der Waals surface area contributed by atoms with Crippen LogP contribution in [-0.4, -0.2) is 37.0 Å². The molecule has 0 saturated carbocycles. The molecule has 4 rings (SSSR count). The van der Waals surface area contributed by atoms with Crippen LogP contribution in [0.3, 0.4) is 0 Å². The van der Waals surface area contributed by atoms with E-state index in [-0.39, 0.29) is 24.9 Å². The van der Waals surface area contributed by atoms with Crippen molar-refractivity contribution in [1.82, 2.24) is 4.90 Å². The number of ether oxygens (including phenoxy) is 2. The van der Waals surface area contributed by atoms with Crippen LogP contribution in [0.1, 0.15) is 26.4 Å². The number of amides is 1. The zero-order valence-corrected chi connectivity index (χ0v) is 20.4. The minimum atomic E-state index is -0.437. The van der Waals surface area contributed by atoms with E-state index in [4.69, 9.17) is 21.1 Å². The fourth-order valence-corrected chi connectivity index (χ4v) is 5.10. The lowest BCUT2D eigenvalue weighted by molar-refractivity contribution is -0.118. The van der Waals surface area contributed by atoms with E-state index in [1.807, 2.05) is 18.2 Å². The molecule has 174 valence electrons. The minimum Gasteiger partial charge on any atom is -0.484 e. The zero-order chi connectivity index (χ0) is 22.5. The Morgan fingerprint density at radius 1 is 1.12 bits per heavy atom. The Kier molecular flexibility index (Phi) is 8.74. The molecule has 1 N–H and O–H groups in total. The molecule has 1 amide bonds. The number of esters is 1. The van der Waals surface area contributed by atoms with Gasteiger partial charge in [-0.1, -0.05) is 41.9 Å². The van der Waals surface area contributed by atoms with Crippen LogP contribution in [0, 0.1) is 0 Å². The summed E-state index contributed by atoms with van der Waals surface area (Å²) in [4.78, 5) is 28.4. The molecule has 3 aromatic rings. The van der Waals surface area contributed by atoms with E-state index in [1.165, 1.54) is 24.0 Å². The summed E-state index contributed by atoms with van der Waals surface area (Å²) in [5.41, 5.74) is 2.65. The van der Waals surface area contributed by atoms with Gasteiger partial charge in [-0.3, -0.25) is 9.69 Å². The predicted molar refractivity (Wildman–Crippen MR) is 133 cm³/mol. The van der Waals surface area contributed by atoms with Crippen molar-refractivity contribution in [2.24, 2.45) is 0 Å². The molecule has 1 aliphatic heterocycles. The number of hydrogen-bond acceptors (Lipinski definition) is 6. The van der Waals surface area contributed by atoms with Gasteiger partial charge >= 0.3 is 5.97 Å². The molecule has 0 spiro atoms. The van der Waals surface area contributed by atoms with E-state index in [0.29, 0.717) is 21.3 Å². The number of nitrogens with zero attached hydrogens (tertiary/aromatic N) is 1. The number of nitrogens with one attached hydrogen (secondary N) is 1. The summed E-state index contributed by atoms with van der Waals surface area (Å²) >= 11 is 7.29. The first kappa shape index (κ1) is 25.1. The third kappa shape index (κ3) is 6.26. The van der Waals surface area contributed by atoms with Gasteiger partial charge in [0, 0.05) is 29.5 Å². The second-order valence-corrected chi connectivity index (χ2v) is 8.98. The second-order valence-electron chi connectivity index (χ2n) is 7.44. The van der Waals surface area contributed by atoms with Gasteiger partial charge < -0.3 is 14.8 Å². The van der Waals surface area contributed by atoms with Crippen LogP contribution in [0.15, 0.2) is 54.6 Å². The van der Waals surface area contributed by atoms with Gasteiger partial charge in [-0.2, -0.15) is 0 Å². The molecule has 0 radical (unpaired) electrons. The number of halogens is 2. The molecule has 0 atom stereocenters. The highest BCUT2D eigenvalue weighted by Crippen LogP contribution is 2.38. The lowest BCUT2D eigenvalue weighted by Crippen LogP contribution is -2.29. The SMILES string of the molecule is COC(=O)c1c(NC(=O)COc2ccc(Cl)cc2)sc2c1CCN(Cc1ccccc1)C2.Cl. The first-order valence-electron chi connectivity index (χ1n) is 10.2. The highest BCUT2D eigenvalue weighted by molar-refractivity contribution is 7.17. The second kappa shape index (κ2) is 11.5. The summed E-state index contributed by atoms with van der Waals surface area (Å²) in [6, 6.07) is 17.1. The fraction of sp³-hybridized carbons (Fsp3) is 0.250. The molecular formula is C24H24Cl2N2O4S. The number of rotatable bonds is 7. The monoisotopic (exact) mass is 506 g/mol. The van der Waals surface area contributed by atoms with Gasteiger partial charge in [0.25, 0.3) is 5.91 Å². The van der Waals surface area contributed by atoms with Gasteiger partial charge in [-0.25, -0.2) is 4.79 Å². The summed E-state index contributed by atoms with van der Waals surface area (Å²) in [7, 11) is 1.35. The summed E-state index contributed by atoms with van der Waals surface area (Å²) < 4.78 is 10.5. The van der Waals surface area contributed by atoms with Crippen molar-refractivity contribution in [2.45, 2.75) is 19.5 Å². The molecule has 9 heteroatoms. The van der Waals surface area contributed by atoms with E-state index < -0.39 is 5.97 Å². The average Bonchev–Trinajstić information content (AvgIpc) is 3.15. The molecule has 1 aromatic heterocycles. The molecule has 1 aliphatic rings. The van der Waals surface area contributed by atoms with Crippen molar-refractivity contribution in [3.8, 4) is 5.75 Å². The maximum Gasteiger partial charge on any atom is 0.341 e. The summed E-state index contributed by atoms with van der Waals surface area (Å²) in [5, 5.41) is 3.94. The van der Waals surface area contributed by atoms with E-state index in [1.54, 1.807) is 24.3 Å². The number of hydrogen-bond donors (Lipinski definition) is 1. The van der Waals surface area contributed by atoms with Gasteiger partial charge in [-0.15, -0.1) is 23.7 Å². The third-order valence-corrected chi connectivity index (χ3v) is 6.60. The van der Waals surface area contributed by atoms with Gasteiger partial charge in [0.1, 0.15) is 10.8 Å². The highest BCUT2D eigenvalue weighted by atomic mass is 35.5. The molecule has 0 bridgehead atoms. The molecule has 0 unspecified atom stereocenters. The van der Waals surface area contributed by atoms with E-state index in [9.17, 15) is 9.59 Å². The number of carbonyl (C=O) groups is 2. The van der Waals surface area contributed by atoms with Crippen LogP contribution >= 0.6 is 35.3 Å². The lowest BCUT2D eigenvalue weighted by Gasteiger charge is -2.27. The average molecular weight is 507 g/mol. The topological polar surface area (TPSA) is 67.9 Å². The Labute approximate surface area is 207 Å². The maximum absolute atomic E-state index is 12.5. The van der Waals surface area contributed by atoms with E-state index in [2.05, 4.69) is 22.3 Å². The summed E-state index contributed by atoms with van der Waals surface area (Å²) in [6.45, 7) is 2.21. The Hall–Kier alpha value is -2.58. The fourth-order valence-electron chi connectivity index (χ4n) is 3.68. The third-order valence-electron chi connectivity index (χ3n) is 5.21. The van der Waals surface area contributed by atoms with Gasteiger partial charge in [0.15, 0.2) is 6.61 Å². The molecule has 0 saturated heterocycles. The number of carbonyl (C=O) groups excluding carboxylic acids is 2. The lowest BCUT2D eigenvalue weighted by atomic mass is 10.0. The smallest absolute Gasteiger partial charge is 0.341 e. The summed E-state index contributed by atoms with van der Waals surface area (Å²) in [6.07, 6.45) is 0.722. The standard InChI is InChI=1S/C24H23ClN2O4S.ClH/c1-30-24(29)22-19-11-12-27(13-16-5-3-2-4-6-16)14-20(19)32-23(22)26-21(28)15-31-18-9-7-17(25)8-10-18;/h2-10H,11-15H2,1H3,(H,26,28);1H. The van der Waals surface area contributed by atoms with Crippen molar-refractivity contribution < 1.29 is 19.1 Å². The normalized spacial score (nSPS) is 12.9. The van der Waals surface area contributed by atoms with Crippen LogP contribution in [0.2, 0.25) is 5.02 Å². The number of thiophene rings is 1.